The highest BCUT2D eigenvalue weighted by atomic mass is 14.1. The Labute approximate surface area is 58.3 Å². The van der Waals surface area contributed by atoms with Crippen molar-refractivity contribution in [1.82, 2.24) is 0 Å². The lowest BCUT2D eigenvalue weighted by Gasteiger charge is -2.12. The molecule has 0 spiro atoms. The lowest BCUT2D eigenvalue weighted by Crippen LogP contribution is -1.99. The van der Waals surface area contributed by atoms with Crippen LogP contribution in [-0.4, -0.2) is 0 Å². The van der Waals surface area contributed by atoms with E-state index in [-0.39, 0.29) is 5.41 Å². The third-order valence-corrected chi connectivity index (χ3v) is 0.983. The highest BCUT2D eigenvalue weighted by Gasteiger charge is 2.03. The van der Waals surface area contributed by atoms with Crippen LogP contribution in [0.1, 0.15) is 27.7 Å². The zero-order chi connectivity index (χ0) is 7.49. The molecule has 52 valence electrons. The summed E-state index contributed by atoms with van der Waals surface area (Å²) >= 11 is 0. The van der Waals surface area contributed by atoms with E-state index in [0.717, 1.165) is 0 Å². The van der Waals surface area contributed by atoms with Crippen molar-refractivity contribution in [2.24, 2.45) is 5.41 Å². The second kappa shape index (κ2) is 2.86. The minimum atomic E-state index is 0.290. The lowest BCUT2D eigenvalue weighted by molar-refractivity contribution is 0.541. The van der Waals surface area contributed by atoms with Gasteiger partial charge in [-0.25, -0.2) is 0 Å². The molecule has 0 heteroatoms. The van der Waals surface area contributed by atoms with Gasteiger partial charge in [-0.2, -0.15) is 0 Å². The second-order valence-corrected chi connectivity index (χ2v) is 3.46. The monoisotopic (exact) mass is 124 g/mol. The molecule has 0 saturated heterocycles. The summed E-state index contributed by atoms with van der Waals surface area (Å²) in [5, 5.41) is 0. The Hall–Kier alpha value is -0.520. The molecule has 0 nitrogen and oxygen atoms in total. The molecule has 0 aromatic carbocycles. The Morgan fingerprint density at radius 1 is 1.33 bits per heavy atom. The van der Waals surface area contributed by atoms with E-state index < -0.39 is 0 Å². The summed E-state index contributed by atoms with van der Waals surface area (Å²) in [5.41, 5.74) is 1.54. The summed E-state index contributed by atoms with van der Waals surface area (Å²) in [7, 11) is 0. The number of hydrogen-bond donors (Lipinski definition) is 0. The molecule has 0 aromatic heterocycles. The third-order valence-electron chi connectivity index (χ3n) is 0.983. The summed E-state index contributed by atoms with van der Waals surface area (Å²) in [4.78, 5) is 0. The first-order valence-electron chi connectivity index (χ1n) is 3.27. The fourth-order valence-corrected chi connectivity index (χ4v) is 0.742. The molecule has 0 aromatic rings. The van der Waals surface area contributed by atoms with Gasteiger partial charge < -0.3 is 0 Å². The van der Waals surface area contributed by atoms with E-state index >= 15 is 0 Å². The number of hydrogen-bond acceptors (Lipinski definition) is 0. The average Bonchev–Trinajstić information content (AvgIpc) is 1.62. The molecule has 0 rings (SSSR count). The Balaban J connectivity index is 4.11. The van der Waals surface area contributed by atoms with Gasteiger partial charge in [-0.1, -0.05) is 45.1 Å². The van der Waals surface area contributed by atoms with Crippen molar-refractivity contribution in [3.8, 4) is 0 Å². The van der Waals surface area contributed by atoms with Crippen LogP contribution in [0.4, 0.5) is 0 Å². The maximum Gasteiger partial charge on any atom is -0.0197 e. The van der Waals surface area contributed by atoms with Crippen LogP contribution in [0.3, 0.4) is 0 Å². The van der Waals surface area contributed by atoms with Crippen molar-refractivity contribution in [2.45, 2.75) is 27.7 Å². The average molecular weight is 124 g/mol. The van der Waals surface area contributed by atoms with Gasteiger partial charge in [0, 0.05) is 0 Å². The molecule has 0 fully saturated rings. The molecule has 0 amide bonds. The molecule has 0 aliphatic carbocycles. The quantitative estimate of drug-likeness (QED) is 0.471. The zero-order valence-electron chi connectivity index (χ0n) is 6.86. The Morgan fingerprint density at radius 2 is 1.78 bits per heavy atom. The van der Waals surface area contributed by atoms with Gasteiger partial charge in [0.25, 0.3) is 0 Å². The van der Waals surface area contributed by atoms with Crippen LogP contribution in [-0.2, 0) is 0 Å². The Kier molecular flexibility index (Phi) is 2.69. The van der Waals surface area contributed by atoms with E-state index in [1.807, 2.05) is 6.08 Å². The van der Waals surface area contributed by atoms with E-state index in [1.165, 1.54) is 5.57 Å². The summed E-state index contributed by atoms with van der Waals surface area (Å²) in [6.45, 7) is 12.3. The van der Waals surface area contributed by atoms with Crippen LogP contribution >= 0.6 is 0 Å². The van der Waals surface area contributed by atoms with Gasteiger partial charge in [-0.05, 0) is 12.3 Å². The minimum absolute atomic E-state index is 0.290. The van der Waals surface area contributed by atoms with Crippen LogP contribution < -0.4 is 0 Å². The van der Waals surface area contributed by atoms with Gasteiger partial charge in [0.05, 0.1) is 0 Å². The molecule has 0 atom stereocenters. The molecule has 0 N–H and O–H groups in total. The van der Waals surface area contributed by atoms with E-state index in [2.05, 4.69) is 40.3 Å². The second-order valence-electron chi connectivity index (χ2n) is 3.46. The van der Waals surface area contributed by atoms with Gasteiger partial charge >= 0.3 is 0 Å². The molecule has 9 heavy (non-hydrogen) atoms. The van der Waals surface area contributed by atoms with E-state index in [9.17, 15) is 0 Å². The molecule has 0 bridgehead atoms. The topological polar surface area (TPSA) is 0 Å². The van der Waals surface area contributed by atoms with Gasteiger partial charge in [-0.15, -0.1) is 0 Å². The Morgan fingerprint density at radius 3 is 1.89 bits per heavy atom. The largest absolute Gasteiger partial charge is 0.0988 e. The first kappa shape index (κ1) is 8.48. The standard InChI is InChI=1S/C9H16/c1-6-8(2)7-9(3,4)5/h6-7H,1H2,2-5H3/b8-7+. The molecule has 0 saturated carbocycles. The van der Waals surface area contributed by atoms with Crippen LogP contribution in [0.5, 0.6) is 0 Å². The third kappa shape index (κ3) is 5.35. The van der Waals surface area contributed by atoms with Crippen molar-refractivity contribution < 1.29 is 0 Å². The maximum atomic E-state index is 3.68. The van der Waals surface area contributed by atoms with Crippen molar-refractivity contribution in [2.75, 3.05) is 0 Å². The summed E-state index contributed by atoms with van der Waals surface area (Å²) < 4.78 is 0. The summed E-state index contributed by atoms with van der Waals surface area (Å²) in [6, 6.07) is 0. The number of rotatable bonds is 1. The normalized spacial score (nSPS) is 13.6. The van der Waals surface area contributed by atoms with Crippen molar-refractivity contribution >= 4 is 0 Å². The SMILES string of the molecule is C=C/C(C)=C/C(C)(C)C. The molecule has 0 unspecified atom stereocenters. The highest BCUT2D eigenvalue weighted by Crippen LogP contribution is 2.17. The predicted octanol–water partition coefficient (Wildman–Crippen LogP) is 3.16. The highest BCUT2D eigenvalue weighted by molar-refractivity contribution is 5.15. The summed E-state index contributed by atoms with van der Waals surface area (Å²) in [5.74, 6) is 0. The maximum absolute atomic E-state index is 3.68. The molecular formula is C9H16. The van der Waals surface area contributed by atoms with E-state index in [1.54, 1.807) is 0 Å². The molecule has 0 aliphatic rings. The van der Waals surface area contributed by atoms with Gasteiger partial charge in [-0.3, -0.25) is 0 Å². The van der Waals surface area contributed by atoms with E-state index in [0.29, 0.717) is 0 Å². The van der Waals surface area contributed by atoms with Gasteiger partial charge in [0.1, 0.15) is 0 Å². The van der Waals surface area contributed by atoms with Crippen LogP contribution in [0.25, 0.3) is 0 Å². The lowest BCUT2D eigenvalue weighted by atomic mass is 9.94. The van der Waals surface area contributed by atoms with Gasteiger partial charge in [0.2, 0.25) is 0 Å². The first-order valence-corrected chi connectivity index (χ1v) is 3.27. The van der Waals surface area contributed by atoms with Crippen molar-refractivity contribution in [3.63, 3.8) is 0 Å². The van der Waals surface area contributed by atoms with Crippen LogP contribution in [0.15, 0.2) is 24.3 Å². The zero-order valence-corrected chi connectivity index (χ0v) is 6.86. The molecular weight excluding hydrogens is 108 g/mol. The van der Waals surface area contributed by atoms with Crippen LogP contribution in [0, 0.1) is 5.41 Å². The van der Waals surface area contributed by atoms with Gasteiger partial charge in [0.15, 0.2) is 0 Å². The van der Waals surface area contributed by atoms with E-state index in [4.69, 9.17) is 0 Å². The predicted molar refractivity (Wildman–Crippen MR) is 43.4 cm³/mol. The molecule has 0 aliphatic heterocycles. The summed E-state index contributed by atoms with van der Waals surface area (Å²) in [6.07, 6.45) is 4.09. The molecule has 0 radical (unpaired) electrons. The Bertz CT molecular complexity index is 121. The fraction of sp³-hybridized carbons (Fsp3) is 0.556. The smallest absolute Gasteiger partial charge is 0.0197 e. The molecule has 0 heterocycles. The fourth-order valence-electron chi connectivity index (χ4n) is 0.742. The minimum Gasteiger partial charge on any atom is -0.0988 e. The van der Waals surface area contributed by atoms with Crippen molar-refractivity contribution in [1.29, 1.82) is 0 Å². The van der Waals surface area contributed by atoms with Crippen LogP contribution in [0.2, 0.25) is 0 Å². The van der Waals surface area contributed by atoms with Crippen molar-refractivity contribution in [3.05, 3.63) is 24.3 Å². The first-order chi connectivity index (χ1) is 3.95. The number of allylic oxidation sites excluding steroid dienone is 3.